The Kier molecular flexibility index (Phi) is 6.08. The molecule has 0 heterocycles. The second-order valence-electron chi connectivity index (χ2n) is 7.34. The summed E-state index contributed by atoms with van der Waals surface area (Å²) in [5.74, 6) is -1.20. The first kappa shape index (κ1) is 20.4. The Morgan fingerprint density at radius 2 is 1.26 bits per heavy atom. The van der Waals surface area contributed by atoms with Crippen molar-refractivity contribution in [1.82, 2.24) is 5.32 Å². The second-order valence-corrected chi connectivity index (χ2v) is 7.34. The predicted octanol–water partition coefficient (Wildman–Crippen LogP) is 4.94. The van der Waals surface area contributed by atoms with E-state index < -0.39 is 12.0 Å². The first-order chi connectivity index (χ1) is 15.2. The molecule has 0 bridgehead atoms. The number of methoxy groups -OCH3 is 1. The van der Waals surface area contributed by atoms with Gasteiger partial charge >= 0.3 is 5.97 Å². The molecule has 0 unspecified atom stereocenters. The van der Waals surface area contributed by atoms with Crippen molar-refractivity contribution in [3.8, 4) is 0 Å². The molecule has 0 aromatic heterocycles. The summed E-state index contributed by atoms with van der Waals surface area (Å²) < 4.78 is 5.09. The van der Waals surface area contributed by atoms with Crippen molar-refractivity contribution in [3.63, 3.8) is 0 Å². The zero-order valence-corrected chi connectivity index (χ0v) is 17.2. The fourth-order valence-electron chi connectivity index (χ4n) is 3.86. The lowest BCUT2D eigenvalue weighted by molar-refractivity contribution is -0.143. The summed E-state index contributed by atoms with van der Waals surface area (Å²) in [7, 11) is 1.34. The number of benzene rings is 4. The highest BCUT2D eigenvalue weighted by atomic mass is 16.5. The van der Waals surface area contributed by atoms with Crippen molar-refractivity contribution in [3.05, 3.63) is 120 Å². The number of rotatable bonds is 6. The van der Waals surface area contributed by atoms with E-state index in [-0.39, 0.29) is 11.8 Å². The number of hydrogen-bond acceptors (Lipinski definition) is 3. The molecule has 0 radical (unpaired) electrons. The van der Waals surface area contributed by atoms with Gasteiger partial charge in [0, 0.05) is 11.5 Å². The van der Waals surface area contributed by atoms with Gasteiger partial charge in [-0.3, -0.25) is 4.79 Å². The quantitative estimate of drug-likeness (QED) is 0.459. The molecule has 4 rings (SSSR count). The summed E-state index contributed by atoms with van der Waals surface area (Å²) in [6, 6.07) is 31.8. The number of fused-ring (bicyclic) bond motifs is 1. The van der Waals surface area contributed by atoms with Gasteiger partial charge in [0.25, 0.3) is 5.91 Å². The maximum Gasteiger partial charge on any atom is 0.329 e. The fourth-order valence-corrected chi connectivity index (χ4v) is 3.86. The molecule has 0 saturated heterocycles. The molecule has 0 aliphatic heterocycles. The lowest BCUT2D eigenvalue weighted by Crippen LogP contribution is -2.46. The van der Waals surface area contributed by atoms with E-state index in [0.29, 0.717) is 5.56 Å². The number of carbonyl (C=O) groups is 2. The molecule has 1 amide bonds. The summed E-state index contributed by atoms with van der Waals surface area (Å²) in [6.07, 6.45) is 0. The van der Waals surface area contributed by atoms with E-state index in [1.807, 2.05) is 97.1 Å². The molecule has 0 aliphatic rings. The fraction of sp³-hybridized carbons (Fsp3) is 0.111. The predicted molar refractivity (Wildman–Crippen MR) is 122 cm³/mol. The van der Waals surface area contributed by atoms with Gasteiger partial charge in [-0.05, 0) is 34.0 Å². The average molecular weight is 409 g/mol. The number of esters is 1. The highest BCUT2D eigenvalue weighted by molar-refractivity contribution is 6.00. The lowest BCUT2D eigenvalue weighted by Gasteiger charge is -2.27. The largest absolute Gasteiger partial charge is 0.467 e. The third-order valence-electron chi connectivity index (χ3n) is 5.40. The normalized spacial score (nSPS) is 11.8. The Balaban J connectivity index is 1.72. The first-order valence-corrected chi connectivity index (χ1v) is 10.1. The van der Waals surface area contributed by atoms with E-state index in [1.165, 1.54) is 7.11 Å². The van der Waals surface area contributed by atoms with Gasteiger partial charge in [0.2, 0.25) is 0 Å². The van der Waals surface area contributed by atoms with Crippen LogP contribution in [0.5, 0.6) is 0 Å². The summed E-state index contributed by atoms with van der Waals surface area (Å²) in [5, 5.41) is 4.95. The smallest absolute Gasteiger partial charge is 0.329 e. The minimum absolute atomic E-state index is 0.321. The molecule has 31 heavy (non-hydrogen) atoms. The third kappa shape index (κ3) is 4.48. The molecule has 1 atom stereocenters. The Morgan fingerprint density at radius 3 is 1.84 bits per heavy atom. The third-order valence-corrected chi connectivity index (χ3v) is 5.40. The van der Waals surface area contributed by atoms with Crippen LogP contribution < -0.4 is 5.32 Å². The van der Waals surface area contributed by atoms with Gasteiger partial charge < -0.3 is 10.1 Å². The Morgan fingerprint density at radius 1 is 0.710 bits per heavy atom. The van der Waals surface area contributed by atoms with Crippen molar-refractivity contribution < 1.29 is 14.3 Å². The zero-order chi connectivity index (χ0) is 21.6. The number of nitrogens with one attached hydrogen (secondary N) is 1. The highest BCUT2D eigenvalue weighted by Gasteiger charge is 2.33. The van der Waals surface area contributed by atoms with E-state index in [2.05, 4.69) is 5.32 Å². The van der Waals surface area contributed by atoms with Gasteiger partial charge in [0.15, 0.2) is 0 Å². The topological polar surface area (TPSA) is 55.4 Å². The van der Waals surface area contributed by atoms with E-state index in [0.717, 1.165) is 21.9 Å². The Labute approximate surface area is 181 Å². The van der Waals surface area contributed by atoms with Crippen molar-refractivity contribution in [1.29, 1.82) is 0 Å². The van der Waals surface area contributed by atoms with E-state index >= 15 is 0 Å². The minimum Gasteiger partial charge on any atom is -0.467 e. The van der Waals surface area contributed by atoms with Crippen LogP contribution in [0.2, 0.25) is 0 Å². The molecule has 0 saturated carbocycles. The molecule has 4 aromatic rings. The number of ether oxygens (including phenoxy) is 1. The number of amides is 1. The number of carbonyl (C=O) groups excluding carboxylic acids is 2. The van der Waals surface area contributed by atoms with Gasteiger partial charge in [0.05, 0.1) is 7.11 Å². The van der Waals surface area contributed by atoms with Gasteiger partial charge in [-0.25, -0.2) is 4.79 Å². The van der Waals surface area contributed by atoms with E-state index in [9.17, 15) is 9.59 Å². The van der Waals surface area contributed by atoms with Crippen LogP contribution in [0, 0.1) is 0 Å². The number of hydrogen-bond donors (Lipinski definition) is 1. The van der Waals surface area contributed by atoms with Crippen LogP contribution in [0.1, 0.15) is 27.4 Å². The van der Waals surface area contributed by atoms with Crippen molar-refractivity contribution in [2.45, 2.75) is 12.0 Å². The van der Waals surface area contributed by atoms with Crippen LogP contribution in [0.15, 0.2) is 103 Å². The molecule has 4 aromatic carbocycles. The Hall–Kier alpha value is -3.92. The second kappa shape index (κ2) is 9.26. The lowest BCUT2D eigenvalue weighted by atomic mass is 9.84. The molecule has 0 spiro atoms. The monoisotopic (exact) mass is 409 g/mol. The standard InChI is InChI=1S/C27H23NO3/c1-31-27(30)25(24(20-11-4-2-5-12-20)21-13-6-3-7-14-21)28-26(29)23-17-16-19-10-8-9-15-22(19)18-23/h2-18,24-25H,1H3,(H,28,29)/t25-/m1/s1. The maximum atomic E-state index is 13.2. The molecule has 0 aliphatic carbocycles. The van der Waals surface area contributed by atoms with Gasteiger partial charge in [0.1, 0.15) is 6.04 Å². The molecular formula is C27H23NO3. The molecule has 154 valence electrons. The molecule has 4 nitrogen and oxygen atoms in total. The average Bonchev–Trinajstić information content (AvgIpc) is 2.84. The minimum atomic E-state index is -0.881. The summed E-state index contributed by atoms with van der Waals surface area (Å²) in [6.45, 7) is 0. The Bertz CT molecular complexity index is 1150. The van der Waals surface area contributed by atoms with Crippen LogP contribution in [0.25, 0.3) is 10.8 Å². The van der Waals surface area contributed by atoms with Crippen molar-refractivity contribution in [2.24, 2.45) is 0 Å². The SMILES string of the molecule is COC(=O)[C@H](NC(=O)c1ccc2ccccc2c1)C(c1ccccc1)c1ccccc1. The molecule has 1 N–H and O–H groups in total. The van der Waals surface area contributed by atoms with E-state index in [1.54, 1.807) is 6.07 Å². The van der Waals surface area contributed by atoms with Crippen LogP contribution in [-0.2, 0) is 9.53 Å². The van der Waals surface area contributed by atoms with E-state index in [4.69, 9.17) is 4.74 Å². The van der Waals surface area contributed by atoms with Crippen LogP contribution in [-0.4, -0.2) is 25.0 Å². The summed E-state index contributed by atoms with van der Waals surface area (Å²) in [5.41, 5.74) is 2.33. The molecular weight excluding hydrogens is 386 g/mol. The first-order valence-electron chi connectivity index (χ1n) is 10.1. The van der Waals surface area contributed by atoms with Gasteiger partial charge in [-0.1, -0.05) is 91.0 Å². The van der Waals surface area contributed by atoms with Gasteiger partial charge in [-0.15, -0.1) is 0 Å². The highest BCUT2D eigenvalue weighted by Crippen LogP contribution is 2.29. The maximum absolute atomic E-state index is 13.2. The van der Waals surface area contributed by atoms with Crippen LogP contribution >= 0.6 is 0 Å². The molecule has 0 fully saturated rings. The van der Waals surface area contributed by atoms with Crippen molar-refractivity contribution in [2.75, 3.05) is 7.11 Å². The molecule has 4 heteroatoms. The van der Waals surface area contributed by atoms with Gasteiger partial charge in [-0.2, -0.15) is 0 Å². The van der Waals surface area contributed by atoms with Crippen LogP contribution in [0.3, 0.4) is 0 Å². The zero-order valence-electron chi connectivity index (χ0n) is 17.2. The summed E-state index contributed by atoms with van der Waals surface area (Å²) >= 11 is 0. The summed E-state index contributed by atoms with van der Waals surface area (Å²) in [4.78, 5) is 26.0. The van der Waals surface area contributed by atoms with Crippen LogP contribution in [0.4, 0.5) is 0 Å². The van der Waals surface area contributed by atoms with Crippen molar-refractivity contribution >= 4 is 22.6 Å².